The standard InChI is InChI=1S/C15H20O4/c1-9(6-13-7-10(2)14(16)19-13)4-5-12-8-18-15(17)11(12)3/h4,10,12-13H,3,5-8H2,1-2H3/b9-4+/t10-,12+,13-/m1/s1. The van der Waals surface area contributed by atoms with Gasteiger partial charge in [-0.25, -0.2) is 4.79 Å². The summed E-state index contributed by atoms with van der Waals surface area (Å²) < 4.78 is 10.2. The first-order chi connectivity index (χ1) is 8.97. The van der Waals surface area contributed by atoms with Gasteiger partial charge in [0.25, 0.3) is 0 Å². The van der Waals surface area contributed by atoms with Crippen LogP contribution in [0.2, 0.25) is 0 Å². The van der Waals surface area contributed by atoms with Crippen molar-refractivity contribution < 1.29 is 19.1 Å². The van der Waals surface area contributed by atoms with Crippen molar-refractivity contribution in [2.45, 2.75) is 39.2 Å². The minimum absolute atomic E-state index is 0.00316. The molecule has 0 aromatic carbocycles. The third-order valence-corrected chi connectivity index (χ3v) is 3.77. The van der Waals surface area contributed by atoms with Crippen molar-refractivity contribution in [3.63, 3.8) is 0 Å². The predicted octanol–water partition coefficient (Wildman–Crippen LogP) is 2.39. The molecule has 2 aliphatic heterocycles. The number of ether oxygens (including phenoxy) is 2. The van der Waals surface area contributed by atoms with Gasteiger partial charge in [-0.15, -0.1) is 0 Å². The van der Waals surface area contributed by atoms with E-state index in [0.29, 0.717) is 12.2 Å². The number of cyclic esters (lactones) is 2. The lowest BCUT2D eigenvalue weighted by Crippen LogP contribution is -2.07. The minimum Gasteiger partial charge on any atom is -0.462 e. The average Bonchev–Trinajstić information content (AvgIpc) is 2.82. The molecule has 0 spiro atoms. The van der Waals surface area contributed by atoms with Gasteiger partial charge < -0.3 is 9.47 Å². The smallest absolute Gasteiger partial charge is 0.333 e. The van der Waals surface area contributed by atoms with E-state index in [1.807, 2.05) is 13.8 Å². The zero-order valence-electron chi connectivity index (χ0n) is 11.5. The van der Waals surface area contributed by atoms with Crippen LogP contribution in [0.15, 0.2) is 23.8 Å². The topological polar surface area (TPSA) is 52.6 Å². The third kappa shape index (κ3) is 3.25. The van der Waals surface area contributed by atoms with Crippen LogP contribution in [-0.4, -0.2) is 24.6 Å². The van der Waals surface area contributed by atoms with Gasteiger partial charge >= 0.3 is 11.9 Å². The number of carbonyl (C=O) groups is 2. The molecule has 2 rings (SSSR count). The van der Waals surface area contributed by atoms with Crippen LogP contribution >= 0.6 is 0 Å². The number of carbonyl (C=O) groups excluding carboxylic acids is 2. The number of hydrogen-bond donors (Lipinski definition) is 0. The SMILES string of the molecule is C=C1C(=O)OC[C@@H]1C/C=C(\C)C[C@@H]1C[C@@H](C)C(=O)O1. The van der Waals surface area contributed by atoms with Crippen molar-refractivity contribution in [3.8, 4) is 0 Å². The molecule has 104 valence electrons. The van der Waals surface area contributed by atoms with E-state index < -0.39 is 0 Å². The van der Waals surface area contributed by atoms with Gasteiger partial charge in [0.15, 0.2) is 0 Å². The summed E-state index contributed by atoms with van der Waals surface area (Å²) in [5.41, 5.74) is 1.74. The van der Waals surface area contributed by atoms with E-state index in [1.54, 1.807) is 0 Å². The monoisotopic (exact) mass is 264 g/mol. The molecule has 0 bridgehead atoms. The highest BCUT2D eigenvalue weighted by atomic mass is 16.6. The quantitative estimate of drug-likeness (QED) is 0.444. The molecular weight excluding hydrogens is 244 g/mol. The Hall–Kier alpha value is -1.58. The molecule has 0 N–H and O–H groups in total. The molecule has 3 atom stereocenters. The van der Waals surface area contributed by atoms with Gasteiger partial charge in [0.1, 0.15) is 6.10 Å². The lowest BCUT2D eigenvalue weighted by Gasteiger charge is -2.10. The van der Waals surface area contributed by atoms with Crippen molar-refractivity contribution in [2.24, 2.45) is 11.8 Å². The Morgan fingerprint density at radius 3 is 2.74 bits per heavy atom. The van der Waals surface area contributed by atoms with E-state index >= 15 is 0 Å². The van der Waals surface area contributed by atoms with Crippen molar-refractivity contribution in [1.29, 1.82) is 0 Å². The molecule has 4 heteroatoms. The summed E-state index contributed by atoms with van der Waals surface area (Å²) in [4.78, 5) is 22.5. The first-order valence-corrected chi connectivity index (χ1v) is 6.69. The summed E-state index contributed by atoms with van der Waals surface area (Å²) in [5, 5.41) is 0. The third-order valence-electron chi connectivity index (χ3n) is 3.77. The summed E-state index contributed by atoms with van der Waals surface area (Å²) in [6.07, 6.45) is 4.41. The van der Waals surface area contributed by atoms with Gasteiger partial charge in [-0.3, -0.25) is 4.79 Å². The van der Waals surface area contributed by atoms with E-state index in [2.05, 4.69) is 12.7 Å². The van der Waals surface area contributed by atoms with Crippen molar-refractivity contribution in [2.75, 3.05) is 6.61 Å². The zero-order valence-corrected chi connectivity index (χ0v) is 11.5. The molecule has 4 nitrogen and oxygen atoms in total. The Balaban J connectivity index is 1.82. The van der Waals surface area contributed by atoms with Crippen LogP contribution in [0.25, 0.3) is 0 Å². The zero-order chi connectivity index (χ0) is 14.0. The minimum atomic E-state index is -0.283. The van der Waals surface area contributed by atoms with Crippen LogP contribution in [-0.2, 0) is 19.1 Å². The summed E-state index contributed by atoms with van der Waals surface area (Å²) in [6.45, 7) is 8.09. The van der Waals surface area contributed by atoms with Gasteiger partial charge in [-0.05, 0) is 19.8 Å². The number of esters is 2. The maximum atomic E-state index is 11.3. The van der Waals surface area contributed by atoms with E-state index in [9.17, 15) is 9.59 Å². The van der Waals surface area contributed by atoms with E-state index in [4.69, 9.17) is 9.47 Å². The maximum Gasteiger partial charge on any atom is 0.333 e. The average molecular weight is 264 g/mol. The van der Waals surface area contributed by atoms with Gasteiger partial charge in [-0.2, -0.15) is 0 Å². The Labute approximate surface area is 113 Å². The maximum absolute atomic E-state index is 11.3. The van der Waals surface area contributed by atoms with Crippen molar-refractivity contribution in [3.05, 3.63) is 23.8 Å². The molecule has 0 radical (unpaired) electrons. The Kier molecular flexibility index (Phi) is 4.08. The lowest BCUT2D eigenvalue weighted by atomic mass is 9.96. The van der Waals surface area contributed by atoms with Crippen molar-refractivity contribution >= 4 is 11.9 Å². The summed E-state index contributed by atoms with van der Waals surface area (Å²) in [6, 6.07) is 0. The Morgan fingerprint density at radius 2 is 2.21 bits per heavy atom. The van der Waals surface area contributed by atoms with Crippen LogP contribution < -0.4 is 0 Å². The van der Waals surface area contributed by atoms with Gasteiger partial charge in [-0.1, -0.05) is 25.2 Å². The van der Waals surface area contributed by atoms with E-state index in [0.717, 1.165) is 19.3 Å². The Bertz CT molecular complexity index is 435. The highest BCUT2D eigenvalue weighted by Crippen LogP contribution is 2.27. The molecule has 0 amide bonds. The van der Waals surface area contributed by atoms with Crippen LogP contribution in [0.5, 0.6) is 0 Å². The molecule has 2 aliphatic rings. The first-order valence-electron chi connectivity index (χ1n) is 6.69. The molecule has 0 aromatic heterocycles. The van der Waals surface area contributed by atoms with Gasteiger partial charge in [0.2, 0.25) is 0 Å². The van der Waals surface area contributed by atoms with E-state index in [1.165, 1.54) is 5.57 Å². The molecule has 2 saturated heterocycles. The van der Waals surface area contributed by atoms with Gasteiger partial charge in [0.05, 0.1) is 12.5 Å². The molecule has 0 unspecified atom stereocenters. The second kappa shape index (κ2) is 5.59. The summed E-state index contributed by atoms with van der Waals surface area (Å²) >= 11 is 0. The molecule has 0 aromatic rings. The van der Waals surface area contributed by atoms with Crippen LogP contribution in [0, 0.1) is 11.8 Å². The fraction of sp³-hybridized carbons (Fsp3) is 0.600. The highest BCUT2D eigenvalue weighted by molar-refractivity contribution is 5.90. The molecule has 2 heterocycles. The number of rotatable bonds is 4. The molecule has 0 aliphatic carbocycles. The second-order valence-corrected chi connectivity index (χ2v) is 5.51. The van der Waals surface area contributed by atoms with Crippen LogP contribution in [0.3, 0.4) is 0 Å². The molecule has 2 fully saturated rings. The summed E-state index contributed by atoms with van der Waals surface area (Å²) in [7, 11) is 0. The largest absolute Gasteiger partial charge is 0.462 e. The molecular formula is C15H20O4. The van der Waals surface area contributed by atoms with Crippen LogP contribution in [0.1, 0.15) is 33.1 Å². The lowest BCUT2D eigenvalue weighted by molar-refractivity contribution is -0.143. The molecule has 0 saturated carbocycles. The highest BCUT2D eigenvalue weighted by Gasteiger charge is 2.31. The van der Waals surface area contributed by atoms with Gasteiger partial charge in [0, 0.05) is 17.9 Å². The normalized spacial score (nSPS) is 31.6. The first kappa shape index (κ1) is 13.8. The van der Waals surface area contributed by atoms with Crippen molar-refractivity contribution in [1.82, 2.24) is 0 Å². The fourth-order valence-corrected chi connectivity index (χ4v) is 2.48. The molecule has 19 heavy (non-hydrogen) atoms. The van der Waals surface area contributed by atoms with Crippen LogP contribution in [0.4, 0.5) is 0 Å². The summed E-state index contributed by atoms with van der Waals surface area (Å²) in [5.74, 6) is -0.276. The predicted molar refractivity (Wildman–Crippen MR) is 70.2 cm³/mol. The number of allylic oxidation sites excluding steroid dienone is 1. The second-order valence-electron chi connectivity index (χ2n) is 5.51. The fourth-order valence-electron chi connectivity index (χ4n) is 2.48. The van der Waals surface area contributed by atoms with E-state index in [-0.39, 0.29) is 29.9 Å². The number of hydrogen-bond acceptors (Lipinski definition) is 4. The Morgan fingerprint density at radius 1 is 1.47 bits per heavy atom.